The molecule has 154 valence electrons. The lowest BCUT2D eigenvalue weighted by atomic mass is 9.95. The molecule has 1 aromatic heterocycles. The first-order chi connectivity index (χ1) is 14.0. The summed E-state index contributed by atoms with van der Waals surface area (Å²) in [5.41, 5.74) is 0.241. The Morgan fingerprint density at radius 1 is 1.10 bits per heavy atom. The van der Waals surface area contributed by atoms with E-state index in [1.807, 2.05) is 0 Å². The smallest absolute Gasteiger partial charge is 0.240 e. The first-order valence-corrected chi connectivity index (χ1v) is 11.5. The first kappa shape index (κ1) is 19.7. The van der Waals surface area contributed by atoms with Gasteiger partial charge in [-0.05, 0) is 37.1 Å². The average molecular weight is 416 g/mol. The summed E-state index contributed by atoms with van der Waals surface area (Å²) in [6, 6.07) is 9.61. The molecule has 1 aromatic carbocycles. The third-order valence-corrected chi connectivity index (χ3v) is 7.74. The van der Waals surface area contributed by atoms with Crippen molar-refractivity contribution in [2.75, 3.05) is 11.4 Å². The lowest BCUT2D eigenvalue weighted by molar-refractivity contribution is -0.124. The van der Waals surface area contributed by atoms with Gasteiger partial charge in [-0.3, -0.25) is 9.59 Å². The van der Waals surface area contributed by atoms with Crippen LogP contribution in [0.4, 0.5) is 5.69 Å². The Labute approximate surface area is 170 Å². The average Bonchev–Trinajstić information content (AvgIpc) is 3.22. The van der Waals surface area contributed by atoms with Crippen molar-refractivity contribution in [2.45, 2.75) is 54.7 Å². The van der Waals surface area contributed by atoms with E-state index in [4.69, 9.17) is 4.42 Å². The second-order valence-electron chi connectivity index (χ2n) is 7.60. The van der Waals surface area contributed by atoms with Crippen molar-refractivity contribution >= 4 is 27.3 Å². The quantitative estimate of drug-likeness (QED) is 0.826. The van der Waals surface area contributed by atoms with E-state index in [9.17, 15) is 18.0 Å². The highest BCUT2D eigenvalue weighted by atomic mass is 32.2. The van der Waals surface area contributed by atoms with Gasteiger partial charge in [-0.25, -0.2) is 8.42 Å². The number of benzene rings is 1. The molecule has 1 aliphatic heterocycles. The number of para-hydroxylation sites is 1. The standard InChI is InChI=1S/C21H24N2O5S/c24-20(22-15-7-2-1-3-8-15)14-23-16-9-4-5-11-18(16)29(26,27)19(13-21(23)25)17-10-6-12-28-17/h4-6,9-12,15,19H,1-3,7-8,13-14H2,(H,22,24). The van der Waals surface area contributed by atoms with E-state index in [1.165, 1.54) is 23.7 Å². The van der Waals surface area contributed by atoms with E-state index < -0.39 is 21.0 Å². The van der Waals surface area contributed by atoms with Crippen molar-refractivity contribution in [1.29, 1.82) is 0 Å². The fraction of sp³-hybridized carbons (Fsp3) is 0.429. The van der Waals surface area contributed by atoms with E-state index in [1.54, 1.807) is 30.3 Å². The maximum absolute atomic E-state index is 13.3. The predicted octanol–water partition coefficient (Wildman–Crippen LogP) is 2.98. The van der Waals surface area contributed by atoms with Gasteiger partial charge in [0.1, 0.15) is 17.6 Å². The molecule has 2 amide bonds. The molecule has 2 aliphatic rings. The van der Waals surface area contributed by atoms with E-state index in [0.29, 0.717) is 0 Å². The number of rotatable bonds is 4. The van der Waals surface area contributed by atoms with Crippen LogP contribution in [0, 0.1) is 0 Å². The fourth-order valence-electron chi connectivity index (χ4n) is 4.15. The zero-order valence-electron chi connectivity index (χ0n) is 16.0. The SMILES string of the molecule is O=C(CN1C(=O)CC(c2ccco2)S(=O)(=O)c2ccccc21)NC1CCCCC1. The van der Waals surface area contributed by atoms with E-state index >= 15 is 0 Å². The topological polar surface area (TPSA) is 96.7 Å². The van der Waals surface area contributed by atoms with Gasteiger partial charge >= 0.3 is 0 Å². The summed E-state index contributed by atoms with van der Waals surface area (Å²) >= 11 is 0. The van der Waals surface area contributed by atoms with Crippen molar-refractivity contribution in [1.82, 2.24) is 5.32 Å². The van der Waals surface area contributed by atoms with Gasteiger partial charge in [-0.2, -0.15) is 0 Å². The highest BCUT2D eigenvalue weighted by molar-refractivity contribution is 7.91. The van der Waals surface area contributed by atoms with Crippen LogP contribution in [-0.4, -0.2) is 32.8 Å². The minimum atomic E-state index is -3.86. The number of hydrogen-bond donors (Lipinski definition) is 1. The predicted molar refractivity (Wildman–Crippen MR) is 107 cm³/mol. The van der Waals surface area contributed by atoms with Gasteiger partial charge in [0.15, 0.2) is 9.84 Å². The Bertz CT molecular complexity index is 994. The molecule has 1 aliphatic carbocycles. The zero-order valence-corrected chi connectivity index (χ0v) is 16.9. The number of sulfone groups is 1. The third kappa shape index (κ3) is 3.94. The van der Waals surface area contributed by atoms with Crippen molar-refractivity contribution in [3.63, 3.8) is 0 Å². The second kappa shape index (κ2) is 8.02. The molecule has 1 fully saturated rings. The Hall–Kier alpha value is -2.61. The van der Waals surface area contributed by atoms with Crippen molar-refractivity contribution in [3.05, 3.63) is 48.4 Å². The summed E-state index contributed by atoms with van der Waals surface area (Å²) in [6.45, 7) is -0.202. The summed E-state index contributed by atoms with van der Waals surface area (Å²) in [4.78, 5) is 27.0. The molecule has 8 heteroatoms. The molecule has 2 heterocycles. The molecule has 2 aromatic rings. The van der Waals surface area contributed by atoms with E-state index in [2.05, 4.69) is 5.32 Å². The van der Waals surface area contributed by atoms with Gasteiger partial charge in [-0.1, -0.05) is 31.4 Å². The number of amides is 2. The number of nitrogens with zero attached hydrogens (tertiary/aromatic N) is 1. The number of hydrogen-bond acceptors (Lipinski definition) is 5. The number of furan rings is 1. The van der Waals surface area contributed by atoms with Crippen LogP contribution in [0.1, 0.15) is 49.5 Å². The number of carbonyl (C=O) groups excluding carboxylic acids is 2. The maximum Gasteiger partial charge on any atom is 0.240 e. The maximum atomic E-state index is 13.3. The van der Waals surface area contributed by atoms with Crippen molar-refractivity contribution < 1.29 is 22.4 Å². The second-order valence-corrected chi connectivity index (χ2v) is 9.70. The molecule has 0 bridgehead atoms. The molecule has 1 atom stereocenters. The highest BCUT2D eigenvalue weighted by Crippen LogP contribution is 2.40. The monoisotopic (exact) mass is 416 g/mol. The highest BCUT2D eigenvalue weighted by Gasteiger charge is 2.41. The molecule has 1 unspecified atom stereocenters. The Morgan fingerprint density at radius 3 is 2.59 bits per heavy atom. The normalized spacial score (nSPS) is 22.0. The van der Waals surface area contributed by atoms with Gasteiger partial charge < -0.3 is 14.6 Å². The van der Waals surface area contributed by atoms with Crippen LogP contribution in [0.3, 0.4) is 0 Å². The van der Waals surface area contributed by atoms with Crippen molar-refractivity contribution in [3.8, 4) is 0 Å². The van der Waals surface area contributed by atoms with Crippen LogP contribution in [0.5, 0.6) is 0 Å². The molecule has 4 rings (SSSR count). The largest absolute Gasteiger partial charge is 0.468 e. The molecule has 1 N–H and O–H groups in total. The lowest BCUT2D eigenvalue weighted by Crippen LogP contribution is -2.45. The summed E-state index contributed by atoms with van der Waals surface area (Å²) in [5.74, 6) is -0.464. The molecule has 0 spiro atoms. The summed E-state index contributed by atoms with van der Waals surface area (Å²) in [5, 5.41) is 1.88. The molecule has 0 radical (unpaired) electrons. The van der Waals surface area contributed by atoms with Gasteiger partial charge in [0, 0.05) is 6.04 Å². The van der Waals surface area contributed by atoms with Crippen LogP contribution >= 0.6 is 0 Å². The minimum absolute atomic E-state index is 0.0396. The molecule has 29 heavy (non-hydrogen) atoms. The van der Waals surface area contributed by atoms with Gasteiger partial charge in [-0.15, -0.1) is 0 Å². The number of carbonyl (C=O) groups is 2. The van der Waals surface area contributed by atoms with Gasteiger partial charge in [0.05, 0.1) is 23.3 Å². The van der Waals surface area contributed by atoms with Crippen LogP contribution in [0.15, 0.2) is 52.0 Å². The third-order valence-electron chi connectivity index (χ3n) is 5.63. The van der Waals surface area contributed by atoms with Crippen LogP contribution < -0.4 is 10.2 Å². The van der Waals surface area contributed by atoms with Crippen LogP contribution in [0.25, 0.3) is 0 Å². The van der Waals surface area contributed by atoms with Crippen LogP contribution in [-0.2, 0) is 19.4 Å². The molecule has 7 nitrogen and oxygen atoms in total. The molecular weight excluding hydrogens is 392 g/mol. The number of nitrogens with one attached hydrogen (secondary N) is 1. The van der Waals surface area contributed by atoms with Crippen LogP contribution in [0.2, 0.25) is 0 Å². The molecular formula is C21H24N2O5S. The number of fused-ring (bicyclic) bond motifs is 1. The first-order valence-electron chi connectivity index (χ1n) is 9.93. The number of anilines is 1. The Kier molecular flexibility index (Phi) is 5.45. The van der Waals surface area contributed by atoms with Gasteiger partial charge in [0.2, 0.25) is 11.8 Å². The Balaban J connectivity index is 1.64. The fourth-order valence-corrected chi connectivity index (χ4v) is 6.00. The zero-order chi connectivity index (χ0) is 20.4. The van der Waals surface area contributed by atoms with Crippen molar-refractivity contribution in [2.24, 2.45) is 0 Å². The molecule has 0 saturated heterocycles. The Morgan fingerprint density at radius 2 is 1.86 bits per heavy atom. The van der Waals surface area contributed by atoms with Gasteiger partial charge in [0.25, 0.3) is 0 Å². The lowest BCUT2D eigenvalue weighted by Gasteiger charge is -2.26. The summed E-state index contributed by atoms with van der Waals surface area (Å²) in [6.07, 6.45) is 6.33. The molecule has 1 saturated carbocycles. The summed E-state index contributed by atoms with van der Waals surface area (Å²) < 4.78 is 31.9. The minimum Gasteiger partial charge on any atom is -0.468 e. The van der Waals surface area contributed by atoms with E-state index in [0.717, 1.165) is 25.7 Å². The summed E-state index contributed by atoms with van der Waals surface area (Å²) in [7, 11) is -3.86. The van der Waals surface area contributed by atoms with E-state index in [-0.39, 0.29) is 41.3 Å².